The van der Waals surface area contributed by atoms with Gasteiger partial charge < -0.3 is 9.84 Å². The summed E-state index contributed by atoms with van der Waals surface area (Å²) < 4.78 is 5.07. The zero-order chi connectivity index (χ0) is 10.7. The van der Waals surface area contributed by atoms with Gasteiger partial charge in [0, 0.05) is 12.4 Å². The maximum absolute atomic E-state index is 9.99. The standard InChI is InChI=1S/C11H16N2O2/c1-15-11-10(12-5-6-13-11)9(14)7-8-3-2-4-8/h5-6,8-9,14H,2-4,7H2,1H3. The van der Waals surface area contributed by atoms with Crippen LogP contribution in [-0.2, 0) is 0 Å². The smallest absolute Gasteiger partial charge is 0.238 e. The highest BCUT2D eigenvalue weighted by atomic mass is 16.5. The first-order chi connectivity index (χ1) is 7.31. The number of aliphatic hydroxyl groups excluding tert-OH is 1. The molecule has 1 aliphatic rings. The summed E-state index contributed by atoms with van der Waals surface area (Å²) in [5, 5.41) is 9.99. The third kappa shape index (κ3) is 2.26. The number of ether oxygens (including phenoxy) is 1. The molecule has 0 spiro atoms. The summed E-state index contributed by atoms with van der Waals surface area (Å²) in [6, 6.07) is 0. The van der Waals surface area contributed by atoms with Gasteiger partial charge in [-0.25, -0.2) is 4.98 Å². The molecule has 15 heavy (non-hydrogen) atoms. The van der Waals surface area contributed by atoms with Gasteiger partial charge in [0.1, 0.15) is 11.8 Å². The molecule has 4 nitrogen and oxygen atoms in total. The molecule has 1 saturated carbocycles. The molecule has 1 N–H and O–H groups in total. The third-order valence-corrected chi connectivity index (χ3v) is 2.98. The Balaban J connectivity index is 2.05. The average molecular weight is 208 g/mol. The minimum absolute atomic E-state index is 0.435. The first-order valence-corrected chi connectivity index (χ1v) is 5.34. The zero-order valence-electron chi connectivity index (χ0n) is 8.89. The van der Waals surface area contributed by atoms with Gasteiger partial charge in [0.05, 0.1) is 7.11 Å². The van der Waals surface area contributed by atoms with Crippen LogP contribution < -0.4 is 4.74 Å². The van der Waals surface area contributed by atoms with Crippen LogP contribution in [0.15, 0.2) is 12.4 Å². The Labute approximate surface area is 89.3 Å². The predicted molar refractivity (Wildman–Crippen MR) is 55.5 cm³/mol. The molecule has 1 fully saturated rings. The summed E-state index contributed by atoms with van der Waals surface area (Å²) in [5.74, 6) is 1.08. The van der Waals surface area contributed by atoms with Gasteiger partial charge in [0.2, 0.25) is 5.88 Å². The average Bonchev–Trinajstić information content (AvgIpc) is 2.23. The first-order valence-electron chi connectivity index (χ1n) is 5.34. The fourth-order valence-corrected chi connectivity index (χ4v) is 1.88. The Morgan fingerprint density at radius 2 is 2.20 bits per heavy atom. The SMILES string of the molecule is COc1nccnc1C(O)CC1CCC1. The molecule has 0 aliphatic heterocycles. The van der Waals surface area contributed by atoms with Crippen molar-refractivity contribution in [2.24, 2.45) is 5.92 Å². The van der Waals surface area contributed by atoms with Crippen LogP contribution in [0.1, 0.15) is 37.5 Å². The van der Waals surface area contributed by atoms with Crippen molar-refractivity contribution < 1.29 is 9.84 Å². The molecule has 0 bridgehead atoms. The lowest BCUT2D eigenvalue weighted by Gasteiger charge is -2.27. The molecule has 1 atom stereocenters. The molecule has 82 valence electrons. The van der Waals surface area contributed by atoms with Crippen molar-refractivity contribution in [3.8, 4) is 5.88 Å². The van der Waals surface area contributed by atoms with E-state index in [1.54, 1.807) is 19.5 Å². The highest BCUT2D eigenvalue weighted by molar-refractivity contribution is 5.19. The van der Waals surface area contributed by atoms with Crippen molar-refractivity contribution in [3.05, 3.63) is 18.1 Å². The van der Waals surface area contributed by atoms with E-state index in [0.29, 0.717) is 17.5 Å². The lowest BCUT2D eigenvalue weighted by molar-refractivity contribution is 0.111. The van der Waals surface area contributed by atoms with E-state index in [0.717, 1.165) is 6.42 Å². The van der Waals surface area contributed by atoms with Crippen LogP contribution in [0.4, 0.5) is 0 Å². The molecule has 1 unspecified atom stereocenters. The molecule has 0 aromatic carbocycles. The zero-order valence-corrected chi connectivity index (χ0v) is 8.89. The lowest BCUT2D eigenvalue weighted by Crippen LogP contribution is -2.16. The van der Waals surface area contributed by atoms with Gasteiger partial charge >= 0.3 is 0 Å². The van der Waals surface area contributed by atoms with Crippen LogP contribution in [0, 0.1) is 5.92 Å². The summed E-state index contributed by atoms with van der Waals surface area (Å²) in [7, 11) is 1.55. The fourth-order valence-electron chi connectivity index (χ4n) is 1.88. The monoisotopic (exact) mass is 208 g/mol. The largest absolute Gasteiger partial charge is 0.480 e. The van der Waals surface area contributed by atoms with Crippen LogP contribution in [0.5, 0.6) is 5.88 Å². The quantitative estimate of drug-likeness (QED) is 0.818. The Morgan fingerprint density at radius 3 is 2.80 bits per heavy atom. The van der Waals surface area contributed by atoms with Crippen molar-refractivity contribution in [2.45, 2.75) is 31.8 Å². The van der Waals surface area contributed by atoms with Crippen LogP contribution in [0.25, 0.3) is 0 Å². The maximum Gasteiger partial charge on any atom is 0.238 e. The topological polar surface area (TPSA) is 55.2 Å². The normalized spacial score (nSPS) is 18.3. The summed E-state index contributed by atoms with van der Waals surface area (Å²) >= 11 is 0. The van der Waals surface area contributed by atoms with Gasteiger partial charge in [0.25, 0.3) is 0 Å². The highest BCUT2D eigenvalue weighted by Crippen LogP contribution is 2.35. The summed E-state index contributed by atoms with van der Waals surface area (Å²) in [6.07, 6.45) is 7.11. The van der Waals surface area contributed by atoms with E-state index in [2.05, 4.69) is 9.97 Å². The van der Waals surface area contributed by atoms with Crippen molar-refractivity contribution in [1.29, 1.82) is 0 Å². The number of hydrogen-bond acceptors (Lipinski definition) is 4. The number of nitrogens with zero attached hydrogens (tertiary/aromatic N) is 2. The second-order valence-electron chi connectivity index (χ2n) is 4.00. The van der Waals surface area contributed by atoms with Gasteiger partial charge in [0.15, 0.2) is 0 Å². The molecule has 0 radical (unpaired) electrons. The Hall–Kier alpha value is -1.16. The van der Waals surface area contributed by atoms with Crippen molar-refractivity contribution in [2.75, 3.05) is 7.11 Å². The maximum atomic E-state index is 9.99. The number of hydrogen-bond donors (Lipinski definition) is 1. The summed E-state index contributed by atoms with van der Waals surface area (Å²) in [4.78, 5) is 8.15. The first kappa shape index (κ1) is 10.4. The lowest BCUT2D eigenvalue weighted by atomic mass is 9.81. The van der Waals surface area contributed by atoms with Gasteiger partial charge in [-0.3, -0.25) is 4.98 Å². The number of rotatable bonds is 4. The molecule has 1 aromatic rings. The Morgan fingerprint density at radius 1 is 1.47 bits per heavy atom. The second-order valence-corrected chi connectivity index (χ2v) is 4.00. The van der Waals surface area contributed by atoms with Crippen LogP contribution >= 0.6 is 0 Å². The molecule has 2 rings (SSSR count). The van der Waals surface area contributed by atoms with Gasteiger partial charge in [-0.2, -0.15) is 0 Å². The van der Waals surface area contributed by atoms with Gasteiger partial charge in [-0.1, -0.05) is 19.3 Å². The highest BCUT2D eigenvalue weighted by Gasteiger charge is 2.24. The second kappa shape index (κ2) is 4.57. The van der Waals surface area contributed by atoms with E-state index in [-0.39, 0.29) is 0 Å². The summed E-state index contributed by atoms with van der Waals surface area (Å²) in [5.41, 5.74) is 0.562. The van der Waals surface area contributed by atoms with E-state index in [1.807, 2.05) is 0 Å². The molecule has 0 amide bonds. The van der Waals surface area contributed by atoms with Crippen LogP contribution in [0.2, 0.25) is 0 Å². The van der Waals surface area contributed by atoms with E-state index >= 15 is 0 Å². The van der Waals surface area contributed by atoms with Crippen molar-refractivity contribution >= 4 is 0 Å². The van der Waals surface area contributed by atoms with Crippen molar-refractivity contribution in [3.63, 3.8) is 0 Å². The molecule has 4 heteroatoms. The molecular formula is C11H16N2O2. The van der Waals surface area contributed by atoms with Crippen LogP contribution in [-0.4, -0.2) is 22.2 Å². The Kier molecular flexibility index (Phi) is 3.16. The van der Waals surface area contributed by atoms with Gasteiger partial charge in [-0.15, -0.1) is 0 Å². The van der Waals surface area contributed by atoms with Gasteiger partial charge in [-0.05, 0) is 12.3 Å². The van der Waals surface area contributed by atoms with E-state index in [9.17, 15) is 5.11 Å². The minimum Gasteiger partial charge on any atom is -0.480 e. The number of aromatic nitrogens is 2. The number of methoxy groups -OCH3 is 1. The molecule has 1 aliphatic carbocycles. The Bertz CT molecular complexity index is 326. The molecule has 0 saturated heterocycles. The third-order valence-electron chi connectivity index (χ3n) is 2.98. The predicted octanol–water partition coefficient (Wildman–Crippen LogP) is 1.71. The van der Waals surface area contributed by atoms with Crippen LogP contribution in [0.3, 0.4) is 0 Å². The van der Waals surface area contributed by atoms with E-state index in [1.165, 1.54) is 19.3 Å². The molecule has 1 heterocycles. The van der Waals surface area contributed by atoms with Crippen molar-refractivity contribution in [1.82, 2.24) is 9.97 Å². The molecular weight excluding hydrogens is 192 g/mol. The number of aliphatic hydroxyl groups is 1. The summed E-state index contributed by atoms with van der Waals surface area (Å²) in [6.45, 7) is 0. The fraction of sp³-hybridized carbons (Fsp3) is 0.636. The van der Waals surface area contributed by atoms with E-state index in [4.69, 9.17) is 4.74 Å². The molecule has 1 aromatic heterocycles. The minimum atomic E-state index is -0.543. The van der Waals surface area contributed by atoms with E-state index < -0.39 is 6.10 Å².